The van der Waals surface area contributed by atoms with Crippen molar-refractivity contribution in [3.8, 4) is 0 Å². The average Bonchev–Trinajstić information content (AvgIpc) is 2.12. The summed E-state index contributed by atoms with van der Waals surface area (Å²) in [6.45, 7) is 5.99. The quantitative estimate of drug-likeness (QED) is 0.471. The topological polar surface area (TPSA) is 35.5 Å². The standard InChI is InChI=1S/C10H20O3/c1-8(7-11)10(2,3)6-9(12-4)13-5/h7-9H,6H2,1-5H3. The molecule has 13 heavy (non-hydrogen) atoms. The van der Waals surface area contributed by atoms with Crippen molar-refractivity contribution < 1.29 is 14.3 Å². The first-order chi connectivity index (χ1) is 5.97. The van der Waals surface area contributed by atoms with Crippen LogP contribution < -0.4 is 0 Å². The molecule has 3 heteroatoms. The lowest BCUT2D eigenvalue weighted by Gasteiger charge is -2.31. The molecule has 0 spiro atoms. The monoisotopic (exact) mass is 188 g/mol. The first-order valence-electron chi connectivity index (χ1n) is 4.48. The Morgan fingerprint density at radius 2 is 1.77 bits per heavy atom. The second-order valence-corrected chi connectivity index (χ2v) is 4.02. The van der Waals surface area contributed by atoms with E-state index in [1.807, 2.05) is 20.8 Å². The maximum atomic E-state index is 10.6. The molecule has 0 rings (SSSR count). The van der Waals surface area contributed by atoms with Crippen LogP contribution in [-0.4, -0.2) is 26.8 Å². The van der Waals surface area contributed by atoms with Gasteiger partial charge in [-0.15, -0.1) is 0 Å². The summed E-state index contributed by atoms with van der Waals surface area (Å²) >= 11 is 0. The number of carbonyl (C=O) groups is 1. The third-order valence-corrected chi connectivity index (χ3v) is 2.66. The molecule has 78 valence electrons. The Morgan fingerprint density at radius 1 is 1.31 bits per heavy atom. The molecule has 0 aliphatic carbocycles. The first kappa shape index (κ1) is 12.6. The van der Waals surface area contributed by atoms with E-state index in [0.717, 1.165) is 12.7 Å². The fourth-order valence-corrected chi connectivity index (χ4v) is 1.06. The number of hydrogen-bond acceptors (Lipinski definition) is 3. The van der Waals surface area contributed by atoms with Gasteiger partial charge in [-0.25, -0.2) is 0 Å². The van der Waals surface area contributed by atoms with Crippen LogP contribution in [-0.2, 0) is 14.3 Å². The molecule has 0 aliphatic rings. The summed E-state index contributed by atoms with van der Waals surface area (Å²) in [4.78, 5) is 10.6. The van der Waals surface area contributed by atoms with Crippen molar-refractivity contribution in [2.45, 2.75) is 33.5 Å². The fourth-order valence-electron chi connectivity index (χ4n) is 1.06. The van der Waals surface area contributed by atoms with Crippen molar-refractivity contribution >= 4 is 6.29 Å². The Balaban J connectivity index is 4.21. The number of hydrogen-bond donors (Lipinski definition) is 0. The van der Waals surface area contributed by atoms with Crippen LogP contribution in [0.15, 0.2) is 0 Å². The van der Waals surface area contributed by atoms with Crippen molar-refractivity contribution in [1.82, 2.24) is 0 Å². The highest BCUT2D eigenvalue weighted by atomic mass is 16.7. The van der Waals surface area contributed by atoms with E-state index >= 15 is 0 Å². The van der Waals surface area contributed by atoms with Crippen molar-refractivity contribution in [3.05, 3.63) is 0 Å². The highest BCUT2D eigenvalue weighted by Gasteiger charge is 2.29. The Bertz CT molecular complexity index is 150. The van der Waals surface area contributed by atoms with Crippen molar-refractivity contribution in [1.29, 1.82) is 0 Å². The Kier molecular flexibility index (Phi) is 5.18. The number of aldehydes is 1. The number of rotatable bonds is 6. The van der Waals surface area contributed by atoms with Crippen LogP contribution in [0.4, 0.5) is 0 Å². The molecule has 3 nitrogen and oxygen atoms in total. The third kappa shape index (κ3) is 3.87. The summed E-state index contributed by atoms with van der Waals surface area (Å²) in [5.74, 6) is 0.0142. The lowest BCUT2D eigenvalue weighted by molar-refractivity contribution is -0.132. The van der Waals surface area contributed by atoms with E-state index in [9.17, 15) is 4.79 Å². The van der Waals surface area contributed by atoms with Gasteiger partial charge in [0.2, 0.25) is 0 Å². The highest BCUT2D eigenvalue weighted by Crippen LogP contribution is 2.31. The minimum absolute atomic E-state index is 0.0142. The maximum absolute atomic E-state index is 10.6. The average molecular weight is 188 g/mol. The molecular weight excluding hydrogens is 168 g/mol. The normalized spacial score (nSPS) is 14.6. The first-order valence-corrected chi connectivity index (χ1v) is 4.48. The van der Waals surface area contributed by atoms with Gasteiger partial charge in [-0.2, -0.15) is 0 Å². The molecule has 0 aromatic rings. The van der Waals surface area contributed by atoms with Crippen molar-refractivity contribution in [2.24, 2.45) is 11.3 Å². The summed E-state index contributed by atoms with van der Waals surface area (Å²) in [6.07, 6.45) is 1.47. The van der Waals surface area contributed by atoms with Gasteiger partial charge in [-0.3, -0.25) is 0 Å². The molecule has 0 aromatic heterocycles. The van der Waals surface area contributed by atoms with E-state index in [4.69, 9.17) is 9.47 Å². The second-order valence-electron chi connectivity index (χ2n) is 4.02. The zero-order chi connectivity index (χ0) is 10.5. The van der Waals surface area contributed by atoms with E-state index in [2.05, 4.69) is 0 Å². The van der Waals surface area contributed by atoms with Gasteiger partial charge in [0.1, 0.15) is 6.29 Å². The van der Waals surface area contributed by atoms with Crippen LogP contribution in [0.1, 0.15) is 27.2 Å². The third-order valence-electron chi connectivity index (χ3n) is 2.66. The fraction of sp³-hybridized carbons (Fsp3) is 0.900. The lowest BCUT2D eigenvalue weighted by atomic mass is 9.78. The molecule has 0 radical (unpaired) electrons. The Morgan fingerprint density at radius 3 is 2.08 bits per heavy atom. The SMILES string of the molecule is COC(CC(C)(C)C(C)C=O)OC. The van der Waals surface area contributed by atoms with Gasteiger partial charge >= 0.3 is 0 Å². The predicted molar refractivity (Wildman–Crippen MR) is 51.4 cm³/mol. The van der Waals surface area contributed by atoms with E-state index in [1.54, 1.807) is 14.2 Å². The van der Waals surface area contributed by atoms with E-state index in [0.29, 0.717) is 0 Å². The van der Waals surface area contributed by atoms with Crippen LogP contribution in [0.5, 0.6) is 0 Å². The minimum atomic E-state index is -0.225. The summed E-state index contributed by atoms with van der Waals surface area (Å²) in [5, 5.41) is 0. The zero-order valence-electron chi connectivity index (χ0n) is 9.16. The Labute approximate surface area is 80.4 Å². The highest BCUT2D eigenvalue weighted by molar-refractivity contribution is 5.54. The predicted octanol–water partition coefficient (Wildman–Crippen LogP) is 1.86. The summed E-state index contributed by atoms with van der Waals surface area (Å²) in [6, 6.07) is 0. The number of methoxy groups -OCH3 is 2. The minimum Gasteiger partial charge on any atom is -0.356 e. The molecule has 0 saturated carbocycles. The van der Waals surface area contributed by atoms with Gasteiger partial charge in [-0.1, -0.05) is 20.8 Å². The molecule has 1 atom stereocenters. The van der Waals surface area contributed by atoms with Crippen molar-refractivity contribution in [3.63, 3.8) is 0 Å². The summed E-state index contributed by atoms with van der Waals surface area (Å²) in [7, 11) is 3.21. The zero-order valence-corrected chi connectivity index (χ0v) is 9.16. The van der Waals surface area contributed by atoms with Crippen LogP contribution in [0.25, 0.3) is 0 Å². The molecular formula is C10H20O3. The second kappa shape index (κ2) is 5.35. The molecule has 0 fully saturated rings. The van der Waals surface area contributed by atoms with Crippen LogP contribution >= 0.6 is 0 Å². The lowest BCUT2D eigenvalue weighted by Crippen LogP contribution is -2.29. The molecule has 0 bridgehead atoms. The Hall–Kier alpha value is -0.410. The molecule has 0 heterocycles. The van der Waals surface area contributed by atoms with Gasteiger partial charge in [0, 0.05) is 26.6 Å². The maximum Gasteiger partial charge on any atom is 0.157 e. The molecule has 0 aliphatic heterocycles. The van der Waals surface area contributed by atoms with Gasteiger partial charge < -0.3 is 14.3 Å². The summed E-state index contributed by atoms with van der Waals surface area (Å²) in [5.41, 5.74) is -0.0849. The number of ether oxygens (including phenoxy) is 2. The largest absolute Gasteiger partial charge is 0.356 e. The van der Waals surface area contributed by atoms with Gasteiger partial charge in [0.25, 0.3) is 0 Å². The molecule has 1 unspecified atom stereocenters. The van der Waals surface area contributed by atoms with Crippen LogP contribution in [0.3, 0.4) is 0 Å². The molecule has 0 amide bonds. The van der Waals surface area contributed by atoms with E-state index in [1.165, 1.54) is 0 Å². The molecule has 0 aromatic carbocycles. The van der Waals surface area contributed by atoms with E-state index in [-0.39, 0.29) is 17.6 Å². The molecule has 0 saturated heterocycles. The van der Waals surface area contributed by atoms with Crippen molar-refractivity contribution in [2.75, 3.05) is 14.2 Å². The molecule has 0 N–H and O–H groups in total. The summed E-state index contributed by atoms with van der Waals surface area (Å²) < 4.78 is 10.2. The van der Waals surface area contributed by atoms with Crippen LogP contribution in [0.2, 0.25) is 0 Å². The smallest absolute Gasteiger partial charge is 0.157 e. The van der Waals surface area contributed by atoms with E-state index < -0.39 is 0 Å². The van der Waals surface area contributed by atoms with Gasteiger partial charge in [0.15, 0.2) is 6.29 Å². The number of carbonyl (C=O) groups excluding carboxylic acids is 1. The van der Waals surface area contributed by atoms with Gasteiger partial charge in [0.05, 0.1) is 0 Å². The van der Waals surface area contributed by atoms with Gasteiger partial charge in [-0.05, 0) is 5.41 Å². The van der Waals surface area contributed by atoms with Crippen LogP contribution in [0, 0.1) is 11.3 Å².